The van der Waals surface area contributed by atoms with Gasteiger partial charge in [0.15, 0.2) is 5.76 Å². The van der Waals surface area contributed by atoms with E-state index in [0.29, 0.717) is 28.4 Å². The highest BCUT2D eigenvalue weighted by Gasteiger charge is 2.23. The van der Waals surface area contributed by atoms with Gasteiger partial charge in [-0.15, -0.1) is 0 Å². The van der Waals surface area contributed by atoms with Crippen LogP contribution in [-0.2, 0) is 0 Å². The molecule has 3 aromatic carbocycles. The van der Waals surface area contributed by atoms with Crippen molar-refractivity contribution < 1.29 is 28.2 Å². The van der Waals surface area contributed by atoms with Gasteiger partial charge in [-0.1, -0.05) is 0 Å². The van der Waals surface area contributed by atoms with Gasteiger partial charge in [-0.3, -0.25) is 4.79 Å². The predicted molar refractivity (Wildman–Crippen MR) is 124 cm³/mol. The first-order valence-corrected chi connectivity index (χ1v) is 10.1. The van der Waals surface area contributed by atoms with Crippen LogP contribution < -0.4 is 24.4 Å². The fourth-order valence-corrected chi connectivity index (χ4v) is 3.46. The summed E-state index contributed by atoms with van der Waals surface area (Å²) in [5.74, 6) is 0.763. The van der Waals surface area contributed by atoms with Crippen LogP contribution in [0.3, 0.4) is 0 Å². The van der Waals surface area contributed by atoms with Gasteiger partial charge in [-0.25, -0.2) is 4.79 Å². The molecule has 0 fully saturated rings. The summed E-state index contributed by atoms with van der Waals surface area (Å²) in [5, 5.41) is 0.192. The smallest absolute Gasteiger partial charge is 0.343 e. The minimum absolute atomic E-state index is 0.129. The number of rotatable bonds is 6. The van der Waals surface area contributed by atoms with E-state index in [2.05, 4.69) is 0 Å². The van der Waals surface area contributed by atoms with Crippen molar-refractivity contribution in [2.75, 3.05) is 21.3 Å². The maximum atomic E-state index is 13.5. The number of hydrogen-bond donors (Lipinski definition) is 0. The highest BCUT2D eigenvalue weighted by molar-refractivity contribution is 5.94. The summed E-state index contributed by atoms with van der Waals surface area (Å²) in [4.78, 5) is 26.4. The molecule has 0 spiro atoms. The van der Waals surface area contributed by atoms with E-state index in [9.17, 15) is 9.59 Å². The Kier molecular flexibility index (Phi) is 6.04. The molecule has 0 unspecified atom stereocenters. The zero-order valence-corrected chi connectivity index (χ0v) is 18.6. The van der Waals surface area contributed by atoms with Gasteiger partial charge < -0.3 is 23.4 Å². The monoisotopic (exact) mass is 446 g/mol. The Morgan fingerprint density at radius 3 is 2.00 bits per heavy atom. The van der Waals surface area contributed by atoms with Crippen molar-refractivity contribution in [3.05, 3.63) is 82.0 Å². The maximum absolute atomic E-state index is 13.5. The Labute approximate surface area is 190 Å². The Balaban J connectivity index is 1.90. The minimum atomic E-state index is -0.704. The Morgan fingerprint density at radius 1 is 0.818 bits per heavy atom. The molecule has 0 saturated carbocycles. The van der Waals surface area contributed by atoms with Gasteiger partial charge in [-0.2, -0.15) is 0 Å². The molecule has 0 radical (unpaired) electrons. The molecule has 168 valence electrons. The second kappa shape index (κ2) is 9.08. The molecular formula is C26H22O7. The van der Waals surface area contributed by atoms with E-state index in [1.165, 1.54) is 14.2 Å². The summed E-state index contributed by atoms with van der Waals surface area (Å²) in [6, 6.07) is 16.7. The fourth-order valence-electron chi connectivity index (χ4n) is 3.46. The molecule has 7 heteroatoms. The Bertz CT molecular complexity index is 1370. The largest absolute Gasteiger partial charge is 0.497 e. The molecule has 1 heterocycles. The number of carbonyl (C=O) groups is 1. The molecule has 0 bridgehead atoms. The van der Waals surface area contributed by atoms with Crippen molar-refractivity contribution in [1.82, 2.24) is 0 Å². The number of aryl methyl sites for hydroxylation is 1. The van der Waals surface area contributed by atoms with Gasteiger partial charge in [0, 0.05) is 5.56 Å². The molecule has 33 heavy (non-hydrogen) atoms. The zero-order valence-electron chi connectivity index (χ0n) is 18.6. The SMILES string of the molecule is COc1ccc(C(=O)Oc2c(-c3ccc(OC)cc3)oc3cc(C)cc(OC)c3c2=O)cc1. The lowest BCUT2D eigenvalue weighted by molar-refractivity contribution is 0.0731. The molecule has 1 aromatic heterocycles. The summed E-state index contributed by atoms with van der Waals surface area (Å²) in [6.45, 7) is 1.87. The van der Waals surface area contributed by atoms with Crippen LogP contribution in [0.1, 0.15) is 15.9 Å². The first-order chi connectivity index (χ1) is 15.9. The van der Waals surface area contributed by atoms with Crippen LogP contribution in [-0.4, -0.2) is 27.3 Å². The first-order valence-electron chi connectivity index (χ1n) is 10.1. The first kappa shape index (κ1) is 22.0. The van der Waals surface area contributed by atoms with Crippen molar-refractivity contribution in [1.29, 1.82) is 0 Å². The summed E-state index contributed by atoms with van der Waals surface area (Å²) >= 11 is 0. The summed E-state index contributed by atoms with van der Waals surface area (Å²) in [7, 11) is 4.56. The van der Waals surface area contributed by atoms with Gasteiger partial charge in [-0.05, 0) is 73.2 Å². The predicted octanol–water partition coefficient (Wildman–Crippen LogP) is 5.01. The fraction of sp³-hybridized carbons (Fsp3) is 0.154. The summed E-state index contributed by atoms with van der Waals surface area (Å²) < 4.78 is 27.5. The zero-order chi connectivity index (χ0) is 23.5. The lowest BCUT2D eigenvalue weighted by Gasteiger charge is -2.13. The van der Waals surface area contributed by atoms with Crippen LogP contribution in [0.4, 0.5) is 0 Å². The van der Waals surface area contributed by atoms with Crippen LogP contribution in [0.25, 0.3) is 22.3 Å². The van der Waals surface area contributed by atoms with Gasteiger partial charge in [0.1, 0.15) is 28.2 Å². The third kappa shape index (κ3) is 4.25. The molecule has 0 aliphatic carbocycles. The molecular weight excluding hydrogens is 424 g/mol. The van der Waals surface area contributed by atoms with Crippen molar-refractivity contribution in [2.24, 2.45) is 0 Å². The van der Waals surface area contributed by atoms with E-state index < -0.39 is 11.4 Å². The van der Waals surface area contributed by atoms with E-state index in [4.69, 9.17) is 23.4 Å². The lowest BCUT2D eigenvalue weighted by atomic mass is 10.1. The number of carbonyl (C=O) groups excluding carboxylic acids is 1. The van der Waals surface area contributed by atoms with E-state index in [-0.39, 0.29) is 22.5 Å². The van der Waals surface area contributed by atoms with E-state index >= 15 is 0 Å². The van der Waals surface area contributed by atoms with Crippen molar-refractivity contribution >= 4 is 16.9 Å². The van der Waals surface area contributed by atoms with Crippen molar-refractivity contribution in [3.63, 3.8) is 0 Å². The van der Waals surface area contributed by atoms with Crippen LogP contribution in [0.2, 0.25) is 0 Å². The average molecular weight is 446 g/mol. The molecule has 0 N–H and O–H groups in total. The molecule has 4 rings (SSSR count). The number of ether oxygens (including phenoxy) is 4. The van der Waals surface area contributed by atoms with Gasteiger partial charge in [0.2, 0.25) is 11.2 Å². The number of benzene rings is 3. The van der Waals surface area contributed by atoms with E-state index in [1.807, 2.05) is 6.92 Å². The summed E-state index contributed by atoms with van der Waals surface area (Å²) in [5.41, 5.74) is 1.47. The van der Waals surface area contributed by atoms with Crippen molar-refractivity contribution in [2.45, 2.75) is 6.92 Å². The van der Waals surface area contributed by atoms with E-state index in [1.54, 1.807) is 67.8 Å². The van der Waals surface area contributed by atoms with Crippen LogP contribution >= 0.6 is 0 Å². The van der Waals surface area contributed by atoms with Gasteiger partial charge in [0.05, 0.1) is 26.9 Å². The van der Waals surface area contributed by atoms with Crippen molar-refractivity contribution in [3.8, 4) is 34.3 Å². The minimum Gasteiger partial charge on any atom is -0.497 e. The standard InChI is InChI=1S/C26H22O7/c1-15-13-20(31-4)22-21(14-15)32-24(16-5-9-18(29-2)10-6-16)25(23(22)27)33-26(28)17-7-11-19(30-3)12-8-17/h5-14H,1-4H3. The highest BCUT2D eigenvalue weighted by atomic mass is 16.5. The van der Waals surface area contributed by atoms with Crippen LogP contribution in [0, 0.1) is 6.92 Å². The van der Waals surface area contributed by atoms with Gasteiger partial charge >= 0.3 is 5.97 Å². The third-order valence-electron chi connectivity index (χ3n) is 5.15. The average Bonchev–Trinajstić information content (AvgIpc) is 2.84. The Morgan fingerprint density at radius 2 is 1.42 bits per heavy atom. The quantitative estimate of drug-likeness (QED) is 0.385. The van der Waals surface area contributed by atoms with Crippen LogP contribution in [0.15, 0.2) is 69.9 Å². The maximum Gasteiger partial charge on any atom is 0.343 e. The van der Waals surface area contributed by atoms with E-state index in [0.717, 1.165) is 5.56 Å². The molecule has 0 atom stereocenters. The molecule has 7 nitrogen and oxygen atoms in total. The molecule has 4 aromatic rings. The molecule has 0 amide bonds. The Hall–Kier alpha value is -4.26. The lowest BCUT2D eigenvalue weighted by Crippen LogP contribution is -2.16. The second-order valence-corrected chi connectivity index (χ2v) is 7.28. The van der Waals surface area contributed by atoms with Gasteiger partial charge in [0.25, 0.3) is 0 Å². The van der Waals surface area contributed by atoms with Crippen LogP contribution in [0.5, 0.6) is 23.0 Å². The number of methoxy groups -OCH3 is 3. The molecule has 0 aliphatic rings. The third-order valence-corrected chi connectivity index (χ3v) is 5.15. The topological polar surface area (TPSA) is 84.2 Å². The number of fused-ring (bicyclic) bond motifs is 1. The number of esters is 1. The highest BCUT2D eigenvalue weighted by Crippen LogP contribution is 2.35. The molecule has 0 saturated heterocycles. The number of hydrogen-bond acceptors (Lipinski definition) is 7. The molecule has 0 aliphatic heterocycles. The normalized spacial score (nSPS) is 10.7. The summed E-state index contributed by atoms with van der Waals surface area (Å²) in [6.07, 6.45) is 0. The second-order valence-electron chi connectivity index (χ2n) is 7.28.